The lowest BCUT2D eigenvalue weighted by molar-refractivity contribution is 0.881. The number of aromatic amines is 1. The van der Waals surface area contributed by atoms with Crippen molar-refractivity contribution in [2.45, 2.75) is 30.8 Å². The van der Waals surface area contributed by atoms with E-state index in [4.69, 9.17) is 5.73 Å². The maximum Gasteiger partial charge on any atom is 0.192 e. The van der Waals surface area contributed by atoms with Crippen LogP contribution in [0.5, 0.6) is 0 Å². The highest BCUT2D eigenvalue weighted by Gasteiger charge is 2.10. The molecule has 0 amide bonds. The molecule has 2 heterocycles. The number of nitrogens with zero attached hydrogens (tertiary/aromatic N) is 3. The van der Waals surface area contributed by atoms with Crippen LogP contribution in [0.3, 0.4) is 0 Å². The van der Waals surface area contributed by atoms with Gasteiger partial charge in [-0.25, -0.2) is 9.97 Å². The molecule has 0 bridgehead atoms. The smallest absolute Gasteiger partial charge is 0.192 e. The zero-order valence-corrected chi connectivity index (χ0v) is 12.4. The minimum absolute atomic E-state index is 0.711. The van der Waals surface area contributed by atoms with Crippen LogP contribution in [0, 0.1) is 20.8 Å². The van der Waals surface area contributed by atoms with Crippen molar-refractivity contribution >= 4 is 28.4 Å². The van der Waals surface area contributed by atoms with E-state index in [1.165, 1.54) is 11.8 Å². The molecule has 6 heteroatoms. The number of nitrogens with two attached hydrogens (primary N) is 1. The Morgan fingerprint density at radius 3 is 2.50 bits per heavy atom. The van der Waals surface area contributed by atoms with E-state index in [9.17, 15) is 0 Å². The SMILES string of the molecule is Cc1nc(Sc2cc3[nH]ncc3cc2N)nc(C)c1C. The second kappa shape index (κ2) is 4.79. The zero-order valence-electron chi connectivity index (χ0n) is 11.6. The Kier molecular flexibility index (Phi) is 3.10. The van der Waals surface area contributed by atoms with Gasteiger partial charge in [0.25, 0.3) is 0 Å². The van der Waals surface area contributed by atoms with Gasteiger partial charge in [0, 0.05) is 27.4 Å². The molecular weight excluding hydrogens is 270 g/mol. The van der Waals surface area contributed by atoms with Gasteiger partial charge in [-0.3, -0.25) is 5.10 Å². The fraction of sp³-hybridized carbons (Fsp3) is 0.214. The number of anilines is 1. The van der Waals surface area contributed by atoms with Gasteiger partial charge in [0.15, 0.2) is 5.16 Å². The molecule has 3 rings (SSSR count). The van der Waals surface area contributed by atoms with Gasteiger partial charge in [-0.05, 0) is 50.2 Å². The van der Waals surface area contributed by atoms with Gasteiger partial charge in [-0.1, -0.05) is 0 Å². The molecule has 0 aliphatic heterocycles. The monoisotopic (exact) mass is 285 g/mol. The molecule has 1 aromatic carbocycles. The van der Waals surface area contributed by atoms with Gasteiger partial charge in [-0.15, -0.1) is 0 Å². The van der Waals surface area contributed by atoms with Gasteiger partial charge < -0.3 is 5.73 Å². The topological polar surface area (TPSA) is 80.5 Å². The van der Waals surface area contributed by atoms with E-state index in [0.29, 0.717) is 5.69 Å². The Labute approximate surface area is 121 Å². The summed E-state index contributed by atoms with van der Waals surface area (Å²) < 4.78 is 0. The second-order valence-electron chi connectivity index (χ2n) is 4.75. The van der Waals surface area contributed by atoms with Crippen LogP contribution in [0.15, 0.2) is 28.4 Å². The minimum Gasteiger partial charge on any atom is -0.398 e. The number of hydrogen-bond acceptors (Lipinski definition) is 5. The molecule has 0 radical (unpaired) electrons. The van der Waals surface area contributed by atoms with Crippen LogP contribution >= 0.6 is 11.8 Å². The first-order valence-corrected chi connectivity index (χ1v) is 7.08. The lowest BCUT2D eigenvalue weighted by Gasteiger charge is -2.08. The first-order valence-electron chi connectivity index (χ1n) is 6.27. The number of nitrogens with one attached hydrogen (secondary N) is 1. The third-order valence-electron chi connectivity index (χ3n) is 3.38. The van der Waals surface area contributed by atoms with E-state index < -0.39 is 0 Å². The average molecular weight is 285 g/mol. The molecule has 0 spiro atoms. The summed E-state index contributed by atoms with van der Waals surface area (Å²) in [4.78, 5) is 9.95. The van der Waals surface area contributed by atoms with Crippen molar-refractivity contribution in [3.05, 3.63) is 35.3 Å². The molecule has 0 saturated carbocycles. The number of aromatic nitrogens is 4. The zero-order chi connectivity index (χ0) is 14.3. The van der Waals surface area contributed by atoms with Crippen molar-refractivity contribution in [1.82, 2.24) is 20.2 Å². The third kappa shape index (κ3) is 2.22. The van der Waals surface area contributed by atoms with E-state index in [-0.39, 0.29) is 0 Å². The molecular formula is C14H15N5S. The quantitative estimate of drug-likeness (QED) is 0.559. The maximum absolute atomic E-state index is 6.08. The molecule has 0 saturated heterocycles. The van der Waals surface area contributed by atoms with Crippen molar-refractivity contribution < 1.29 is 0 Å². The number of aryl methyl sites for hydroxylation is 2. The Morgan fingerprint density at radius 2 is 1.80 bits per heavy atom. The summed E-state index contributed by atoms with van der Waals surface area (Å²) in [6.07, 6.45) is 1.76. The van der Waals surface area contributed by atoms with Gasteiger partial charge in [-0.2, -0.15) is 5.10 Å². The van der Waals surface area contributed by atoms with Gasteiger partial charge in [0.05, 0.1) is 11.7 Å². The molecule has 5 nitrogen and oxygen atoms in total. The molecule has 102 valence electrons. The first-order chi connectivity index (χ1) is 9.54. The van der Waals surface area contributed by atoms with Gasteiger partial charge >= 0.3 is 0 Å². The summed E-state index contributed by atoms with van der Waals surface area (Å²) in [5.41, 5.74) is 10.9. The van der Waals surface area contributed by atoms with Crippen molar-refractivity contribution in [3.63, 3.8) is 0 Å². The predicted octanol–water partition coefficient (Wildman–Crippen LogP) is 3.01. The maximum atomic E-state index is 6.08. The number of hydrogen-bond donors (Lipinski definition) is 2. The fourth-order valence-electron chi connectivity index (χ4n) is 1.96. The molecule has 0 unspecified atom stereocenters. The third-order valence-corrected chi connectivity index (χ3v) is 4.32. The van der Waals surface area contributed by atoms with Crippen LogP contribution in [0.4, 0.5) is 5.69 Å². The molecule has 2 aromatic heterocycles. The van der Waals surface area contributed by atoms with Crippen molar-refractivity contribution in [2.24, 2.45) is 0 Å². The number of nitrogen functional groups attached to an aromatic ring is 1. The van der Waals surface area contributed by atoms with Gasteiger partial charge in [0.1, 0.15) is 0 Å². The highest BCUT2D eigenvalue weighted by atomic mass is 32.2. The largest absolute Gasteiger partial charge is 0.398 e. The molecule has 20 heavy (non-hydrogen) atoms. The Hall–Kier alpha value is -2.08. The van der Waals surface area contributed by atoms with Crippen molar-refractivity contribution in [2.75, 3.05) is 5.73 Å². The van der Waals surface area contributed by atoms with E-state index in [1.807, 2.05) is 32.9 Å². The first kappa shape index (κ1) is 12.9. The lowest BCUT2D eigenvalue weighted by atomic mass is 10.2. The summed E-state index contributed by atoms with van der Waals surface area (Å²) in [5, 5.41) is 8.68. The molecule has 3 N–H and O–H groups in total. The predicted molar refractivity (Wildman–Crippen MR) is 80.9 cm³/mol. The number of benzene rings is 1. The summed E-state index contributed by atoms with van der Waals surface area (Å²) in [5.74, 6) is 0. The normalized spacial score (nSPS) is 11.2. The summed E-state index contributed by atoms with van der Waals surface area (Å²) in [6.45, 7) is 6.02. The molecule has 0 atom stereocenters. The van der Waals surface area contributed by atoms with Crippen LogP contribution in [0.1, 0.15) is 17.0 Å². The number of H-pyrrole nitrogens is 1. The van der Waals surface area contributed by atoms with E-state index >= 15 is 0 Å². The van der Waals surface area contributed by atoms with Crippen molar-refractivity contribution in [1.29, 1.82) is 0 Å². The average Bonchev–Trinajstić information content (AvgIpc) is 2.83. The number of fused-ring (bicyclic) bond motifs is 1. The number of rotatable bonds is 2. The van der Waals surface area contributed by atoms with Crippen LogP contribution in [-0.4, -0.2) is 20.2 Å². The van der Waals surface area contributed by atoms with Crippen LogP contribution in [0.2, 0.25) is 0 Å². The fourth-order valence-corrected chi connectivity index (χ4v) is 2.88. The van der Waals surface area contributed by atoms with E-state index in [0.717, 1.165) is 37.9 Å². The molecule has 0 fully saturated rings. The second-order valence-corrected chi connectivity index (χ2v) is 5.76. The van der Waals surface area contributed by atoms with Crippen molar-refractivity contribution in [3.8, 4) is 0 Å². The molecule has 3 aromatic rings. The summed E-state index contributed by atoms with van der Waals surface area (Å²) >= 11 is 1.47. The molecule has 0 aliphatic carbocycles. The van der Waals surface area contributed by atoms with Gasteiger partial charge in [0.2, 0.25) is 0 Å². The summed E-state index contributed by atoms with van der Waals surface area (Å²) in [6, 6.07) is 3.89. The van der Waals surface area contributed by atoms with Crippen LogP contribution < -0.4 is 5.73 Å². The highest BCUT2D eigenvalue weighted by Crippen LogP contribution is 2.33. The minimum atomic E-state index is 0.711. The standard InChI is InChI=1S/C14H15N5S/c1-7-8(2)17-14(18-9(7)3)20-13-5-12-10(4-11(13)15)6-16-19-12/h4-6H,15H2,1-3H3,(H,16,19). The highest BCUT2D eigenvalue weighted by molar-refractivity contribution is 7.99. The van der Waals surface area contributed by atoms with Crippen LogP contribution in [0.25, 0.3) is 10.9 Å². The van der Waals surface area contributed by atoms with Crippen LogP contribution in [-0.2, 0) is 0 Å². The Morgan fingerprint density at radius 1 is 1.10 bits per heavy atom. The van der Waals surface area contributed by atoms with E-state index in [1.54, 1.807) is 6.20 Å². The van der Waals surface area contributed by atoms with E-state index in [2.05, 4.69) is 20.2 Å². The molecule has 0 aliphatic rings. The Bertz CT molecular complexity index is 770. The lowest BCUT2D eigenvalue weighted by Crippen LogP contribution is -1.98. The Balaban J connectivity index is 2.02. The summed E-state index contributed by atoms with van der Waals surface area (Å²) in [7, 11) is 0.